The van der Waals surface area contributed by atoms with E-state index in [4.69, 9.17) is 25.1 Å². The summed E-state index contributed by atoms with van der Waals surface area (Å²) in [5.41, 5.74) is 16.8. The number of azide groups is 1. The molecule has 42 heavy (non-hydrogen) atoms. The number of aliphatic hydroxyl groups is 1. The van der Waals surface area contributed by atoms with E-state index in [9.17, 15) is 4.79 Å². The minimum absolute atomic E-state index is 0.0588. The quantitative estimate of drug-likeness (QED) is 0.0702. The fourth-order valence-corrected chi connectivity index (χ4v) is 5.18. The Morgan fingerprint density at radius 1 is 1.14 bits per heavy atom. The summed E-state index contributed by atoms with van der Waals surface area (Å²) in [5, 5.41) is 12.8. The van der Waals surface area contributed by atoms with Gasteiger partial charge < -0.3 is 14.6 Å². The van der Waals surface area contributed by atoms with Crippen molar-refractivity contribution >= 4 is 27.7 Å². The summed E-state index contributed by atoms with van der Waals surface area (Å²) in [5.74, 6) is 1.24. The van der Waals surface area contributed by atoms with Gasteiger partial charge in [-0.2, -0.15) is 0 Å². The minimum Gasteiger partial charge on any atom is -0.494 e. The summed E-state index contributed by atoms with van der Waals surface area (Å²) in [7, 11) is 0. The Bertz CT molecular complexity index is 1460. The lowest BCUT2D eigenvalue weighted by atomic mass is 9.81. The number of aliphatic imine (C=N–C) groups is 1. The zero-order valence-corrected chi connectivity index (χ0v) is 24.7. The SMILES string of the molecule is [N-]=[N+]=NCc1ccccc1[C@@H]1OC(c2ccc(OCCCO)cc2)=N[C@]1(Cc1ccc(Br)cc1)C(=O)NNCC1CC1. The number of hydrogen-bond acceptors (Lipinski definition) is 7. The first-order valence-electron chi connectivity index (χ1n) is 14.0. The molecular formula is C31H33BrN6O4. The van der Waals surface area contributed by atoms with Crippen LogP contribution in [0.3, 0.4) is 0 Å². The Morgan fingerprint density at radius 2 is 1.90 bits per heavy atom. The van der Waals surface area contributed by atoms with E-state index in [0.29, 0.717) is 42.7 Å². The highest BCUT2D eigenvalue weighted by Gasteiger charge is 2.54. The fourth-order valence-electron chi connectivity index (χ4n) is 4.92. The first-order valence-corrected chi connectivity index (χ1v) is 14.8. The third-order valence-corrected chi connectivity index (χ3v) is 7.88. The molecule has 5 rings (SSSR count). The topological polar surface area (TPSA) is 141 Å². The zero-order valence-electron chi connectivity index (χ0n) is 23.1. The first-order chi connectivity index (χ1) is 20.5. The van der Waals surface area contributed by atoms with Crippen LogP contribution < -0.4 is 15.6 Å². The van der Waals surface area contributed by atoms with Crippen molar-refractivity contribution in [3.8, 4) is 5.75 Å². The van der Waals surface area contributed by atoms with Gasteiger partial charge in [-0.3, -0.25) is 10.2 Å². The molecule has 0 bridgehead atoms. The Morgan fingerprint density at radius 3 is 2.62 bits per heavy atom. The van der Waals surface area contributed by atoms with Crippen molar-refractivity contribution in [1.29, 1.82) is 0 Å². The largest absolute Gasteiger partial charge is 0.494 e. The van der Waals surface area contributed by atoms with Gasteiger partial charge in [0.05, 0.1) is 13.2 Å². The van der Waals surface area contributed by atoms with Crippen LogP contribution in [0.5, 0.6) is 5.75 Å². The molecule has 3 aromatic rings. The summed E-state index contributed by atoms with van der Waals surface area (Å²) >= 11 is 3.50. The highest BCUT2D eigenvalue weighted by Crippen LogP contribution is 2.44. The van der Waals surface area contributed by atoms with Crippen LogP contribution in [0.1, 0.15) is 47.6 Å². The Labute approximate surface area is 252 Å². The smallest absolute Gasteiger partial charge is 0.266 e. The van der Waals surface area contributed by atoms with E-state index in [-0.39, 0.29) is 25.5 Å². The van der Waals surface area contributed by atoms with E-state index in [1.54, 1.807) is 0 Å². The molecule has 2 atom stereocenters. The molecule has 1 aliphatic heterocycles. The number of hydrazine groups is 1. The summed E-state index contributed by atoms with van der Waals surface area (Å²) < 4.78 is 13.2. The van der Waals surface area contributed by atoms with E-state index in [1.807, 2.05) is 72.8 Å². The number of hydrogen-bond donors (Lipinski definition) is 3. The van der Waals surface area contributed by atoms with Crippen LogP contribution in [0.2, 0.25) is 0 Å². The lowest BCUT2D eigenvalue weighted by Crippen LogP contribution is -2.54. The molecule has 0 unspecified atom stereocenters. The van der Waals surface area contributed by atoms with Crippen molar-refractivity contribution in [2.24, 2.45) is 16.0 Å². The molecule has 0 spiro atoms. The third-order valence-electron chi connectivity index (χ3n) is 7.35. The zero-order chi connectivity index (χ0) is 29.4. The molecule has 1 amide bonds. The molecular weight excluding hydrogens is 600 g/mol. The number of benzene rings is 3. The average molecular weight is 634 g/mol. The first kappa shape index (κ1) is 29.6. The number of carbonyl (C=O) groups excluding carboxylic acids is 1. The summed E-state index contributed by atoms with van der Waals surface area (Å²) in [6, 6.07) is 22.6. The van der Waals surface area contributed by atoms with Crippen molar-refractivity contribution in [1.82, 2.24) is 10.9 Å². The van der Waals surface area contributed by atoms with Gasteiger partial charge in [0.2, 0.25) is 5.90 Å². The van der Waals surface area contributed by atoms with E-state index in [0.717, 1.165) is 34.0 Å². The molecule has 0 saturated heterocycles. The fraction of sp³-hybridized carbons (Fsp3) is 0.355. The van der Waals surface area contributed by atoms with Crippen molar-refractivity contribution in [2.75, 3.05) is 19.8 Å². The predicted octanol–water partition coefficient (Wildman–Crippen LogP) is 5.55. The predicted molar refractivity (Wildman–Crippen MR) is 163 cm³/mol. The summed E-state index contributed by atoms with van der Waals surface area (Å²) in [4.78, 5) is 22.2. The number of aliphatic hydroxyl groups excluding tert-OH is 1. The summed E-state index contributed by atoms with van der Waals surface area (Å²) in [6.07, 6.45) is 2.30. The Balaban J connectivity index is 1.56. The Hall–Kier alpha value is -3.89. The van der Waals surface area contributed by atoms with Gasteiger partial charge in [0.15, 0.2) is 11.6 Å². The number of nitrogens with zero attached hydrogens (tertiary/aromatic N) is 4. The Kier molecular flexibility index (Phi) is 9.76. The lowest BCUT2D eigenvalue weighted by Gasteiger charge is -2.32. The van der Waals surface area contributed by atoms with E-state index >= 15 is 0 Å². The van der Waals surface area contributed by atoms with Crippen LogP contribution in [0, 0.1) is 5.92 Å². The van der Waals surface area contributed by atoms with Gasteiger partial charge in [0.25, 0.3) is 5.91 Å². The van der Waals surface area contributed by atoms with Crippen LogP contribution in [-0.4, -0.2) is 42.2 Å². The molecule has 2 aliphatic rings. The van der Waals surface area contributed by atoms with Gasteiger partial charge >= 0.3 is 0 Å². The second-order valence-electron chi connectivity index (χ2n) is 10.5. The second kappa shape index (κ2) is 13.8. The van der Waals surface area contributed by atoms with Gasteiger partial charge in [-0.1, -0.05) is 57.4 Å². The maximum atomic E-state index is 14.2. The molecule has 0 radical (unpaired) electrons. The molecule has 218 valence electrons. The molecule has 3 aromatic carbocycles. The van der Waals surface area contributed by atoms with Gasteiger partial charge in [0.1, 0.15) is 5.75 Å². The summed E-state index contributed by atoms with van der Waals surface area (Å²) in [6.45, 7) is 1.26. The molecule has 3 N–H and O–H groups in total. The highest BCUT2D eigenvalue weighted by atomic mass is 79.9. The molecule has 1 aliphatic carbocycles. The van der Waals surface area contributed by atoms with Gasteiger partial charge in [-0.05, 0) is 77.4 Å². The van der Waals surface area contributed by atoms with Crippen molar-refractivity contribution in [3.63, 3.8) is 0 Å². The number of halogens is 1. The lowest BCUT2D eigenvalue weighted by molar-refractivity contribution is -0.130. The molecule has 0 aromatic heterocycles. The maximum Gasteiger partial charge on any atom is 0.266 e. The molecule has 10 nitrogen and oxygen atoms in total. The average Bonchev–Trinajstić information content (AvgIpc) is 3.76. The molecule has 1 saturated carbocycles. The van der Waals surface area contributed by atoms with Crippen LogP contribution >= 0.6 is 15.9 Å². The minimum atomic E-state index is -1.37. The van der Waals surface area contributed by atoms with Crippen LogP contribution in [0.15, 0.2) is 87.4 Å². The number of carbonyl (C=O) groups is 1. The maximum absolute atomic E-state index is 14.2. The number of amides is 1. The van der Waals surface area contributed by atoms with Crippen molar-refractivity contribution in [2.45, 2.75) is 43.9 Å². The standard InChI is InChI=1S/C31H33BrN6O4/c32-25-12-8-21(9-13-25)18-31(30(40)37-34-19-22-6-7-22)28(27-5-2-1-4-24(27)20-35-38-33)42-29(36-31)23-10-14-26(15-11-23)41-17-3-16-39/h1-2,4-5,8-15,22,28,34,39H,3,6-7,16-20H2,(H,37,40)/t28-,31-/m0/s1. The van der Waals surface area contributed by atoms with Crippen molar-refractivity contribution in [3.05, 3.63) is 110 Å². The highest BCUT2D eigenvalue weighted by molar-refractivity contribution is 9.10. The van der Waals surface area contributed by atoms with E-state index in [2.05, 4.69) is 36.8 Å². The van der Waals surface area contributed by atoms with Gasteiger partial charge in [-0.25, -0.2) is 10.4 Å². The van der Waals surface area contributed by atoms with Crippen molar-refractivity contribution < 1.29 is 19.4 Å². The van der Waals surface area contributed by atoms with Gasteiger partial charge in [-0.15, -0.1) is 0 Å². The number of ether oxygens (including phenoxy) is 2. The molecule has 11 heteroatoms. The van der Waals surface area contributed by atoms with E-state index in [1.165, 1.54) is 0 Å². The molecule has 1 heterocycles. The van der Waals surface area contributed by atoms with Crippen LogP contribution in [0.25, 0.3) is 10.4 Å². The number of rotatable bonds is 14. The third kappa shape index (κ3) is 7.11. The van der Waals surface area contributed by atoms with E-state index < -0.39 is 11.6 Å². The number of nitrogens with one attached hydrogen (secondary N) is 2. The molecule has 1 fully saturated rings. The van der Waals surface area contributed by atoms with Crippen LogP contribution in [-0.2, 0) is 22.5 Å². The van der Waals surface area contributed by atoms with Crippen LogP contribution in [0.4, 0.5) is 0 Å². The monoisotopic (exact) mass is 632 g/mol. The normalized spacial score (nSPS) is 19.4. The second-order valence-corrected chi connectivity index (χ2v) is 11.4. The van der Waals surface area contributed by atoms with Gasteiger partial charge in [0, 0.05) is 40.9 Å².